The van der Waals surface area contributed by atoms with E-state index in [-0.39, 0.29) is 5.54 Å². The molecule has 0 amide bonds. The molecular weight excluding hydrogens is 212 g/mol. The van der Waals surface area contributed by atoms with Gasteiger partial charge in [-0.15, -0.1) is 0 Å². The lowest BCUT2D eigenvalue weighted by molar-refractivity contribution is 0.374. The Morgan fingerprint density at radius 3 is 2.65 bits per heavy atom. The van der Waals surface area contributed by atoms with Crippen LogP contribution in [0, 0.1) is 0 Å². The van der Waals surface area contributed by atoms with Crippen LogP contribution in [0.15, 0.2) is 12.4 Å². The van der Waals surface area contributed by atoms with Gasteiger partial charge in [0.2, 0.25) is 5.95 Å². The minimum Gasteiger partial charge on any atom is -0.333 e. The Labute approximate surface area is 103 Å². The lowest BCUT2D eigenvalue weighted by Crippen LogP contribution is -2.58. The van der Waals surface area contributed by atoms with E-state index in [4.69, 9.17) is 0 Å². The van der Waals surface area contributed by atoms with Crippen LogP contribution in [-0.4, -0.2) is 35.1 Å². The number of aryl methyl sites for hydroxylation is 1. The first-order valence-corrected chi connectivity index (χ1v) is 6.43. The number of hydrogen-bond donors (Lipinski definition) is 1. The summed E-state index contributed by atoms with van der Waals surface area (Å²) in [4.78, 5) is 11.3. The van der Waals surface area contributed by atoms with E-state index in [0.717, 1.165) is 38.4 Å². The van der Waals surface area contributed by atoms with Crippen LogP contribution in [0.25, 0.3) is 0 Å². The van der Waals surface area contributed by atoms with Crippen molar-refractivity contribution in [1.82, 2.24) is 15.3 Å². The summed E-state index contributed by atoms with van der Waals surface area (Å²) in [6, 6.07) is 0. The van der Waals surface area contributed by atoms with E-state index in [2.05, 4.69) is 41.0 Å². The van der Waals surface area contributed by atoms with E-state index in [0.29, 0.717) is 0 Å². The summed E-state index contributed by atoms with van der Waals surface area (Å²) in [6.07, 6.45) is 6.13. The molecule has 1 aliphatic rings. The van der Waals surface area contributed by atoms with Crippen molar-refractivity contribution in [1.29, 1.82) is 0 Å². The van der Waals surface area contributed by atoms with Crippen molar-refractivity contribution in [3.8, 4) is 0 Å². The third-order valence-electron chi connectivity index (χ3n) is 3.27. The summed E-state index contributed by atoms with van der Waals surface area (Å²) in [5.41, 5.74) is 1.31. The molecule has 1 aliphatic heterocycles. The molecule has 0 aromatic carbocycles. The fourth-order valence-corrected chi connectivity index (χ4v) is 2.26. The highest BCUT2D eigenvalue weighted by molar-refractivity contribution is 5.35. The minimum atomic E-state index is 0.0878. The molecule has 4 nitrogen and oxygen atoms in total. The van der Waals surface area contributed by atoms with Crippen molar-refractivity contribution in [2.45, 2.75) is 39.2 Å². The maximum absolute atomic E-state index is 4.50. The summed E-state index contributed by atoms with van der Waals surface area (Å²) >= 11 is 0. The second-order valence-electron chi connectivity index (χ2n) is 5.28. The van der Waals surface area contributed by atoms with Gasteiger partial charge in [-0.3, -0.25) is 0 Å². The largest absolute Gasteiger partial charge is 0.333 e. The zero-order valence-corrected chi connectivity index (χ0v) is 11.0. The molecule has 1 saturated heterocycles. The molecule has 0 radical (unpaired) electrons. The topological polar surface area (TPSA) is 41.1 Å². The molecule has 0 saturated carbocycles. The van der Waals surface area contributed by atoms with Gasteiger partial charge in [-0.2, -0.15) is 0 Å². The molecular formula is C13H22N4. The number of nitrogens with zero attached hydrogens (tertiary/aromatic N) is 3. The second kappa shape index (κ2) is 5.00. The van der Waals surface area contributed by atoms with E-state index < -0.39 is 0 Å². The molecule has 0 spiro atoms. The van der Waals surface area contributed by atoms with Crippen molar-refractivity contribution in [2.75, 3.05) is 24.5 Å². The normalized spacial score (nSPS) is 19.4. The van der Waals surface area contributed by atoms with Gasteiger partial charge in [0.25, 0.3) is 0 Å². The number of anilines is 1. The standard InChI is InChI=1S/C13H22N4/c1-4-5-11-8-15-12(16-9-11)17-7-6-14-10-13(17,2)3/h8-9,14H,4-7,10H2,1-3H3. The van der Waals surface area contributed by atoms with Gasteiger partial charge < -0.3 is 10.2 Å². The highest BCUT2D eigenvalue weighted by Crippen LogP contribution is 2.21. The Kier molecular flexibility index (Phi) is 3.62. The monoisotopic (exact) mass is 234 g/mol. The van der Waals surface area contributed by atoms with Crippen molar-refractivity contribution >= 4 is 5.95 Å². The van der Waals surface area contributed by atoms with Gasteiger partial charge >= 0.3 is 0 Å². The highest BCUT2D eigenvalue weighted by Gasteiger charge is 2.31. The van der Waals surface area contributed by atoms with Gasteiger partial charge in [-0.25, -0.2) is 9.97 Å². The van der Waals surface area contributed by atoms with E-state index in [1.165, 1.54) is 5.56 Å². The molecule has 0 aliphatic carbocycles. The fraction of sp³-hybridized carbons (Fsp3) is 0.692. The number of hydrogen-bond acceptors (Lipinski definition) is 4. The Balaban J connectivity index is 2.15. The first-order valence-electron chi connectivity index (χ1n) is 6.43. The van der Waals surface area contributed by atoms with Crippen LogP contribution in [-0.2, 0) is 6.42 Å². The van der Waals surface area contributed by atoms with Crippen molar-refractivity contribution in [2.24, 2.45) is 0 Å². The Hall–Kier alpha value is -1.16. The smallest absolute Gasteiger partial charge is 0.225 e. The SMILES string of the molecule is CCCc1cnc(N2CCNCC2(C)C)nc1. The van der Waals surface area contributed by atoms with Crippen LogP contribution >= 0.6 is 0 Å². The van der Waals surface area contributed by atoms with E-state index in [1.54, 1.807) is 0 Å². The maximum atomic E-state index is 4.50. The van der Waals surface area contributed by atoms with Crippen molar-refractivity contribution in [3.63, 3.8) is 0 Å². The average Bonchev–Trinajstić information content (AvgIpc) is 2.30. The minimum absolute atomic E-state index is 0.0878. The number of aromatic nitrogens is 2. The summed E-state index contributed by atoms with van der Waals surface area (Å²) in [7, 11) is 0. The van der Waals surface area contributed by atoms with Gasteiger partial charge in [-0.1, -0.05) is 13.3 Å². The molecule has 0 unspecified atom stereocenters. The zero-order chi connectivity index (χ0) is 12.3. The maximum Gasteiger partial charge on any atom is 0.225 e. The van der Waals surface area contributed by atoms with Gasteiger partial charge in [-0.05, 0) is 25.8 Å². The summed E-state index contributed by atoms with van der Waals surface area (Å²) in [6.45, 7) is 9.58. The molecule has 4 heteroatoms. The highest BCUT2D eigenvalue weighted by atomic mass is 15.3. The van der Waals surface area contributed by atoms with E-state index in [1.807, 2.05) is 12.4 Å². The Morgan fingerprint density at radius 1 is 1.35 bits per heavy atom. The molecule has 94 valence electrons. The third-order valence-corrected chi connectivity index (χ3v) is 3.27. The van der Waals surface area contributed by atoms with Gasteiger partial charge in [0, 0.05) is 37.6 Å². The molecule has 2 heterocycles. The zero-order valence-electron chi connectivity index (χ0n) is 11.0. The van der Waals surface area contributed by atoms with E-state index in [9.17, 15) is 0 Å². The Morgan fingerprint density at radius 2 is 2.06 bits per heavy atom. The fourth-order valence-electron chi connectivity index (χ4n) is 2.26. The molecule has 1 fully saturated rings. The van der Waals surface area contributed by atoms with Crippen LogP contribution in [0.3, 0.4) is 0 Å². The second-order valence-corrected chi connectivity index (χ2v) is 5.28. The number of nitrogens with one attached hydrogen (secondary N) is 1. The first-order chi connectivity index (χ1) is 8.13. The van der Waals surface area contributed by atoms with Crippen molar-refractivity contribution < 1.29 is 0 Å². The van der Waals surface area contributed by atoms with Crippen LogP contribution in [0.2, 0.25) is 0 Å². The molecule has 17 heavy (non-hydrogen) atoms. The van der Waals surface area contributed by atoms with Gasteiger partial charge in [0.1, 0.15) is 0 Å². The summed E-state index contributed by atoms with van der Waals surface area (Å²) in [5.74, 6) is 0.858. The first kappa shape index (κ1) is 12.3. The number of piperazine rings is 1. The molecule has 1 N–H and O–H groups in total. The van der Waals surface area contributed by atoms with Crippen LogP contribution in [0.5, 0.6) is 0 Å². The quantitative estimate of drug-likeness (QED) is 0.863. The van der Waals surface area contributed by atoms with Crippen LogP contribution in [0.1, 0.15) is 32.8 Å². The molecule has 1 aromatic heterocycles. The van der Waals surface area contributed by atoms with Gasteiger partial charge in [0.05, 0.1) is 0 Å². The Bertz CT molecular complexity index is 358. The molecule has 2 rings (SSSR count). The summed E-state index contributed by atoms with van der Waals surface area (Å²) < 4.78 is 0. The molecule has 1 aromatic rings. The van der Waals surface area contributed by atoms with Crippen LogP contribution in [0.4, 0.5) is 5.95 Å². The lowest BCUT2D eigenvalue weighted by atomic mass is 10.0. The average molecular weight is 234 g/mol. The number of rotatable bonds is 3. The predicted octanol–water partition coefficient (Wildman–Crippen LogP) is 1.62. The van der Waals surface area contributed by atoms with Crippen molar-refractivity contribution in [3.05, 3.63) is 18.0 Å². The predicted molar refractivity (Wildman–Crippen MR) is 70.3 cm³/mol. The molecule has 0 atom stereocenters. The van der Waals surface area contributed by atoms with Gasteiger partial charge in [0.15, 0.2) is 0 Å². The summed E-state index contributed by atoms with van der Waals surface area (Å²) in [5, 5.41) is 3.41. The third kappa shape index (κ3) is 2.75. The van der Waals surface area contributed by atoms with E-state index >= 15 is 0 Å². The lowest BCUT2D eigenvalue weighted by Gasteiger charge is -2.42. The van der Waals surface area contributed by atoms with Crippen LogP contribution < -0.4 is 10.2 Å². The molecule has 0 bridgehead atoms.